The first-order chi connectivity index (χ1) is 8.63. The maximum Gasteiger partial charge on any atom is 0.232 e. The summed E-state index contributed by atoms with van der Waals surface area (Å²) in [5, 5.41) is 3.47. The number of nitrogens with one attached hydrogen (secondary N) is 1. The fourth-order valence-corrected chi connectivity index (χ4v) is 2.19. The highest BCUT2D eigenvalue weighted by atomic mass is 32.1. The smallest absolute Gasteiger partial charge is 0.232 e. The number of thiazole rings is 1. The van der Waals surface area contributed by atoms with Crippen LogP contribution in [0, 0.1) is 13.8 Å². The van der Waals surface area contributed by atoms with Gasteiger partial charge in [-0.25, -0.2) is 9.55 Å². The summed E-state index contributed by atoms with van der Waals surface area (Å²) in [6.45, 7) is 4.69. The number of hydrogen-bond donors (Lipinski definition) is 1. The molecule has 4 nitrogen and oxygen atoms in total. The van der Waals surface area contributed by atoms with E-state index in [-0.39, 0.29) is 5.91 Å². The zero-order chi connectivity index (χ0) is 13.0. The lowest BCUT2D eigenvalue weighted by molar-refractivity contribution is -0.695. The molecule has 94 valence electrons. The largest absolute Gasteiger partial charge is 0.302 e. The Balaban J connectivity index is 1.83. The second-order valence-electron chi connectivity index (χ2n) is 4.19. The Labute approximate surface area is 110 Å². The third-order valence-corrected chi connectivity index (χ3v) is 3.35. The number of rotatable bonds is 4. The van der Waals surface area contributed by atoms with E-state index in [9.17, 15) is 4.79 Å². The average Bonchev–Trinajstić information content (AvgIpc) is 2.74. The summed E-state index contributed by atoms with van der Waals surface area (Å²) in [6, 6.07) is 4.06. The first-order valence-electron chi connectivity index (χ1n) is 5.81. The number of carbonyl (C=O) groups excluding carboxylic acids is 1. The van der Waals surface area contributed by atoms with Crippen LogP contribution in [0.3, 0.4) is 0 Å². The Kier molecular flexibility index (Phi) is 4.04. The van der Waals surface area contributed by atoms with Gasteiger partial charge >= 0.3 is 0 Å². The minimum atomic E-state index is -0.00238. The molecule has 0 atom stereocenters. The van der Waals surface area contributed by atoms with Gasteiger partial charge in [-0.2, -0.15) is 0 Å². The number of nitrogens with zero attached hydrogens (tertiary/aromatic N) is 2. The number of pyridine rings is 1. The van der Waals surface area contributed by atoms with Gasteiger partial charge in [-0.1, -0.05) is 0 Å². The molecule has 1 amide bonds. The standard InChI is InChI=1S/C13H15N3OS/c1-10-3-6-16(7-4-10)8-5-12(17)15-13-14-9-11(2)18-13/h3-4,6-7,9H,5,8H2,1-2H3/p+1. The molecular formula is C13H16N3OS+. The Morgan fingerprint density at radius 2 is 2.11 bits per heavy atom. The monoisotopic (exact) mass is 262 g/mol. The number of amides is 1. The normalized spacial score (nSPS) is 10.3. The summed E-state index contributed by atoms with van der Waals surface area (Å²) in [7, 11) is 0. The van der Waals surface area contributed by atoms with Crippen LogP contribution in [0.1, 0.15) is 16.9 Å². The van der Waals surface area contributed by atoms with E-state index >= 15 is 0 Å². The van der Waals surface area contributed by atoms with E-state index < -0.39 is 0 Å². The molecule has 1 N–H and O–H groups in total. The predicted octanol–water partition coefficient (Wildman–Crippen LogP) is 2.08. The van der Waals surface area contributed by atoms with E-state index in [1.54, 1.807) is 6.20 Å². The summed E-state index contributed by atoms with van der Waals surface area (Å²) in [5.74, 6) is -0.00238. The van der Waals surface area contributed by atoms with Gasteiger partial charge in [0.25, 0.3) is 0 Å². The molecule has 0 aliphatic rings. The maximum absolute atomic E-state index is 11.7. The van der Waals surface area contributed by atoms with Crippen molar-refractivity contribution < 1.29 is 9.36 Å². The first-order valence-corrected chi connectivity index (χ1v) is 6.63. The van der Waals surface area contributed by atoms with Crippen LogP contribution in [0.2, 0.25) is 0 Å². The molecular weight excluding hydrogens is 246 g/mol. The summed E-state index contributed by atoms with van der Waals surface area (Å²) < 4.78 is 2.00. The predicted molar refractivity (Wildman–Crippen MR) is 71.5 cm³/mol. The molecule has 2 heterocycles. The minimum Gasteiger partial charge on any atom is -0.302 e. The molecule has 0 bridgehead atoms. The fourth-order valence-electron chi connectivity index (χ4n) is 1.51. The highest BCUT2D eigenvalue weighted by molar-refractivity contribution is 7.15. The number of aromatic nitrogens is 2. The van der Waals surface area contributed by atoms with Crippen molar-refractivity contribution >= 4 is 22.4 Å². The highest BCUT2D eigenvalue weighted by Gasteiger charge is 2.08. The van der Waals surface area contributed by atoms with Crippen molar-refractivity contribution in [2.24, 2.45) is 0 Å². The number of carbonyl (C=O) groups is 1. The van der Waals surface area contributed by atoms with E-state index in [1.165, 1.54) is 16.9 Å². The van der Waals surface area contributed by atoms with E-state index in [0.717, 1.165) is 4.88 Å². The topological polar surface area (TPSA) is 45.9 Å². The lowest BCUT2D eigenvalue weighted by Crippen LogP contribution is -2.34. The number of anilines is 1. The molecule has 2 aromatic heterocycles. The number of aryl methyl sites for hydroxylation is 3. The minimum absolute atomic E-state index is 0.00238. The summed E-state index contributed by atoms with van der Waals surface area (Å²) in [4.78, 5) is 16.9. The van der Waals surface area contributed by atoms with Crippen molar-refractivity contribution in [2.45, 2.75) is 26.8 Å². The quantitative estimate of drug-likeness (QED) is 0.857. The summed E-state index contributed by atoms with van der Waals surface area (Å²) in [5.41, 5.74) is 1.22. The second-order valence-corrected chi connectivity index (χ2v) is 5.42. The maximum atomic E-state index is 11.7. The van der Waals surface area contributed by atoms with Gasteiger partial charge in [0.2, 0.25) is 5.91 Å². The van der Waals surface area contributed by atoms with E-state index in [4.69, 9.17) is 0 Å². The van der Waals surface area contributed by atoms with Crippen LogP contribution in [-0.4, -0.2) is 10.9 Å². The fraction of sp³-hybridized carbons (Fsp3) is 0.308. The molecule has 5 heteroatoms. The van der Waals surface area contributed by atoms with Crippen molar-refractivity contribution in [3.63, 3.8) is 0 Å². The zero-order valence-electron chi connectivity index (χ0n) is 10.5. The Hall–Kier alpha value is -1.75. The Bertz CT molecular complexity index is 533. The van der Waals surface area contributed by atoms with Crippen molar-refractivity contribution in [3.05, 3.63) is 41.2 Å². The van der Waals surface area contributed by atoms with Crippen molar-refractivity contribution in [1.82, 2.24) is 4.98 Å². The van der Waals surface area contributed by atoms with Gasteiger partial charge in [-0.15, -0.1) is 11.3 Å². The lowest BCUT2D eigenvalue weighted by atomic mass is 10.3. The SMILES string of the molecule is Cc1cc[n+](CCC(=O)Nc2ncc(C)s2)cc1. The van der Waals surface area contributed by atoms with Crippen LogP contribution in [0.25, 0.3) is 0 Å². The molecule has 0 saturated heterocycles. The third kappa shape index (κ3) is 3.63. The second kappa shape index (κ2) is 5.73. The zero-order valence-corrected chi connectivity index (χ0v) is 11.3. The third-order valence-electron chi connectivity index (χ3n) is 2.52. The van der Waals surface area contributed by atoms with Crippen LogP contribution in [-0.2, 0) is 11.3 Å². The Morgan fingerprint density at radius 1 is 1.39 bits per heavy atom. The van der Waals surface area contributed by atoms with Crippen LogP contribution in [0.15, 0.2) is 30.7 Å². The summed E-state index contributed by atoms with van der Waals surface area (Å²) >= 11 is 1.49. The molecule has 2 rings (SSSR count). The molecule has 0 radical (unpaired) electrons. The van der Waals surface area contributed by atoms with Crippen LogP contribution >= 0.6 is 11.3 Å². The van der Waals surface area contributed by atoms with Gasteiger partial charge in [0, 0.05) is 23.2 Å². The van der Waals surface area contributed by atoms with E-state index in [0.29, 0.717) is 18.1 Å². The molecule has 0 aliphatic heterocycles. The van der Waals surface area contributed by atoms with Gasteiger partial charge in [0.05, 0.1) is 6.42 Å². The van der Waals surface area contributed by atoms with E-state index in [1.807, 2.05) is 42.9 Å². The average molecular weight is 262 g/mol. The lowest BCUT2D eigenvalue weighted by Gasteiger charge is -1.99. The first kappa shape index (κ1) is 12.7. The van der Waals surface area contributed by atoms with Crippen molar-refractivity contribution in [2.75, 3.05) is 5.32 Å². The van der Waals surface area contributed by atoms with Gasteiger partial charge < -0.3 is 5.32 Å². The van der Waals surface area contributed by atoms with Crippen molar-refractivity contribution in [1.29, 1.82) is 0 Å². The summed E-state index contributed by atoms with van der Waals surface area (Å²) in [6.07, 6.45) is 6.17. The molecule has 0 fully saturated rings. The van der Waals surface area contributed by atoms with Gasteiger partial charge in [0.15, 0.2) is 24.1 Å². The Morgan fingerprint density at radius 3 is 2.72 bits per heavy atom. The van der Waals surface area contributed by atoms with Gasteiger partial charge in [0.1, 0.15) is 0 Å². The molecule has 0 unspecified atom stereocenters. The molecule has 0 aliphatic carbocycles. The van der Waals surface area contributed by atoms with Crippen LogP contribution < -0.4 is 9.88 Å². The highest BCUT2D eigenvalue weighted by Crippen LogP contribution is 2.16. The number of hydrogen-bond acceptors (Lipinski definition) is 3. The molecule has 18 heavy (non-hydrogen) atoms. The molecule has 0 aromatic carbocycles. The molecule has 0 spiro atoms. The van der Waals surface area contributed by atoms with Crippen LogP contribution in [0.4, 0.5) is 5.13 Å². The molecule has 2 aromatic rings. The van der Waals surface area contributed by atoms with Crippen LogP contribution in [0.5, 0.6) is 0 Å². The van der Waals surface area contributed by atoms with Crippen molar-refractivity contribution in [3.8, 4) is 0 Å². The van der Waals surface area contributed by atoms with Gasteiger partial charge in [-0.05, 0) is 19.4 Å². The van der Waals surface area contributed by atoms with Gasteiger partial charge in [-0.3, -0.25) is 4.79 Å². The van der Waals surface area contributed by atoms with E-state index in [2.05, 4.69) is 10.3 Å². The molecule has 0 saturated carbocycles.